The van der Waals surface area contributed by atoms with E-state index in [0.717, 1.165) is 44.8 Å². The number of carbonyl (C=O) groups is 1. The Balaban J connectivity index is 1.76. The Kier molecular flexibility index (Phi) is 11.1. The second-order valence-electron chi connectivity index (χ2n) is 12.7. The first-order valence-electron chi connectivity index (χ1n) is 16.3. The fourth-order valence-electron chi connectivity index (χ4n) is 6.25. The smallest absolute Gasteiger partial charge is 0.341 e. The van der Waals surface area contributed by atoms with Crippen molar-refractivity contribution in [3.05, 3.63) is 162 Å². The number of hydrogen-bond donors (Lipinski definition) is 0. The lowest BCUT2D eigenvalue weighted by Gasteiger charge is -2.28. The summed E-state index contributed by atoms with van der Waals surface area (Å²) in [6.07, 6.45) is 3.96. The van der Waals surface area contributed by atoms with Crippen molar-refractivity contribution in [2.24, 2.45) is 0 Å². The van der Waals surface area contributed by atoms with E-state index in [-0.39, 0.29) is 15.6 Å². The summed E-state index contributed by atoms with van der Waals surface area (Å²) in [7, 11) is 11.3. The number of benzene rings is 5. The van der Waals surface area contributed by atoms with E-state index in [0.29, 0.717) is 26.0 Å². The van der Waals surface area contributed by atoms with Crippen molar-refractivity contribution in [2.45, 2.75) is 5.60 Å². The number of rotatable bonds is 10. The number of fused-ring (bicyclic) bond motifs is 1. The third-order valence-electron chi connectivity index (χ3n) is 8.99. The Morgan fingerprint density at radius 1 is 0.654 bits per heavy atom. The average Bonchev–Trinajstić information content (AvgIpc) is 3.45. The summed E-state index contributed by atoms with van der Waals surface area (Å²) < 4.78 is 18.7. The van der Waals surface area contributed by atoms with Gasteiger partial charge in [0.1, 0.15) is 11.5 Å². The minimum atomic E-state index is -1.51. The molecular weight excluding hydrogens is 827 g/mol. The Morgan fingerprint density at radius 2 is 1.08 bits per heavy atom. The number of esters is 1. The number of carbonyl (C=O) groups excluding carboxylic acids is 1. The maximum absolute atomic E-state index is 14.2. The molecule has 0 fully saturated rings. The Bertz CT molecular complexity index is 2100. The zero-order valence-electron chi connectivity index (χ0n) is 29.4. The molecule has 0 aromatic heterocycles. The van der Waals surface area contributed by atoms with Gasteiger partial charge in [-0.05, 0) is 126 Å². The van der Waals surface area contributed by atoms with Crippen molar-refractivity contribution in [3.63, 3.8) is 0 Å². The molecule has 0 amide bonds. The number of nitrogens with zero attached hydrogens (tertiary/aromatic N) is 2. The lowest BCUT2D eigenvalue weighted by atomic mass is 9.83. The summed E-state index contributed by atoms with van der Waals surface area (Å²) in [6, 6.07) is 32.0. The van der Waals surface area contributed by atoms with Crippen LogP contribution in [0.3, 0.4) is 0 Å². The largest absolute Gasteiger partial charge is 0.497 e. The van der Waals surface area contributed by atoms with Gasteiger partial charge >= 0.3 is 5.97 Å². The van der Waals surface area contributed by atoms with Crippen LogP contribution in [0.5, 0.6) is 11.5 Å². The molecule has 266 valence electrons. The normalized spacial score (nSPS) is 15.6. The van der Waals surface area contributed by atoms with E-state index in [4.69, 9.17) is 37.4 Å². The summed E-state index contributed by atoms with van der Waals surface area (Å²) in [6.45, 7) is 0. The van der Waals surface area contributed by atoms with Gasteiger partial charge in [0.25, 0.3) is 0 Å². The lowest BCUT2D eigenvalue weighted by Crippen LogP contribution is -2.23. The predicted octanol–water partition coefficient (Wildman–Crippen LogP) is 11.3. The van der Waals surface area contributed by atoms with Gasteiger partial charge in [-0.2, -0.15) is 0 Å². The summed E-state index contributed by atoms with van der Waals surface area (Å²) in [4.78, 5) is 18.3. The molecule has 0 N–H and O–H groups in total. The first kappa shape index (κ1) is 37.5. The van der Waals surface area contributed by atoms with Gasteiger partial charge in [-0.1, -0.05) is 71.7 Å². The molecule has 52 heavy (non-hydrogen) atoms. The van der Waals surface area contributed by atoms with Crippen molar-refractivity contribution in [2.75, 3.05) is 52.2 Å². The van der Waals surface area contributed by atoms with Crippen LogP contribution in [-0.4, -0.2) is 48.4 Å². The second-order valence-corrected chi connectivity index (χ2v) is 15.0. The van der Waals surface area contributed by atoms with Gasteiger partial charge in [0.2, 0.25) is 0 Å². The van der Waals surface area contributed by atoms with Crippen LogP contribution in [0.4, 0.5) is 11.4 Å². The fourth-order valence-corrected chi connectivity index (χ4v) is 8.12. The van der Waals surface area contributed by atoms with Gasteiger partial charge in [-0.3, -0.25) is 0 Å². The summed E-state index contributed by atoms with van der Waals surface area (Å²) in [5, 5.41) is 0.445. The molecule has 1 aliphatic rings. The van der Waals surface area contributed by atoms with Gasteiger partial charge < -0.3 is 24.0 Å². The van der Waals surface area contributed by atoms with Gasteiger partial charge in [-0.15, -0.1) is 0 Å². The number of cyclic esters (lactones) is 1. The second kappa shape index (κ2) is 15.4. The summed E-state index contributed by atoms with van der Waals surface area (Å²) in [5.41, 5.74) is 6.42. The first-order valence-corrected chi connectivity index (χ1v) is 18.6. The number of anilines is 2. The highest BCUT2D eigenvalue weighted by molar-refractivity contribution is 9.11. The Labute approximate surface area is 331 Å². The molecule has 0 saturated carbocycles. The van der Waals surface area contributed by atoms with E-state index in [1.807, 2.05) is 98.7 Å². The third-order valence-corrected chi connectivity index (χ3v) is 11.9. The fraction of sp³-hybridized carbons (Fsp3) is 0.167. The lowest BCUT2D eigenvalue weighted by molar-refractivity contribution is 0.0298. The van der Waals surface area contributed by atoms with Crippen molar-refractivity contribution in [1.29, 1.82) is 0 Å². The maximum atomic E-state index is 14.2. The highest BCUT2D eigenvalue weighted by Crippen LogP contribution is 2.54. The van der Waals surface area contributed by atoms with Crippen molar-refractivity contribution in [3.8, 4) is 11.5 Å². The van der Waals surface area contributed by atoms with E-state index in [1.54, 1.807) is 14.2 Å². The van der Waals surface area contributed by atoms with Crippen LogP contribution < -0.4 is 19.3 Å². The van der Waals surface area contributed by atoms with E-state index < -0.39 is 11.6 Å². The molecule has 0 saturated heterocycles. The number of halogens is 4. The molecular formula is C42H36Br2Cl2N2O4. The van der Waals surface area contributed by atoms with E-state index in [2.05, 4.69) is 80.4 Å². The molecule has 6 rings (SSSR count). The van der Waals surface area contributed by atoms with Crippen LogP contribution in [0.15, 0.2) is 118 Å². The van der Waals surface area contributed by atoms with Crippen LogP contribution in [0.2, 0.25) is 10.0 Å². The number of ether oxygens (including phenoxy) is 3. The maximum Gasteiger partial charge on any atom is 0.341 e. The van der Waals surface area contributed by atoms with Gasteiger partial charge in [0.05, 0.1) is 34.3 Å². The third kappa shape index (κ3) is 7.22. The van der Waals surface area contributed by atoms with Crippen LogP contribution in [0.1, 0.15) is 38.2 Å². The molecule has 0 spiro atoms. The highest BCUT2D eigenvalue weighted by atomic mass is 79.9. The molecule has 0 bridgehead atoms. The molecule has 5 aromatic rings. The van der Waals surface area contributed by atoms with E-state index in [9.17, 15) is 4.79 Å². The van der Waals surface area contributed by atoms with E-state index in [1.165, 1.54) is 0 Å². The molecule has 5 aromatic carbocycles. The van der Waals surface area contributed by atoms with Crippen molar-refractivity contribution >= 4 is 83.6 Å². The minimum Gasteiger partial charge on any atom is -0.497 e. The van der Waals surface area contributed by atoms with Crippen LogP contribution in [0, 0.1) is 0 Å². The molecule has 10 heteroatoms. The topological polar surface area (TPSA) is 51.2 Å². The van der Waals surface area contributed by atoms with Crippen LogP contribution in [0.25, 0.3) is 11.1 Å². The molecule has 6 nitrogen and oxygen atoms in total. The highest BCUT2D eigenvalue weighted by Gasteiger charge is 2.48. The monoisotopic (exact) mass is 860 g/mol. The minimum absolute atomic E-state index is 0.201. The zero-order valence-corrected chi connectivity index (χ0v) is 34.1. The zero-order chi connectivity index (χ0) is 37.3. The predicted molar refractivity (Wildman–Crippen MR) is 221 cm³/mol. The Morgan fingerprint density at radius 3 is 1.48 bits per heavy atom. The van der Waals surface area contributed by atoms with Gasteiger partial charge in [-0.25, -0.2) is 4.79 Å². The average molecular weight is 863 g/mol. The number of methoxy groups -OCH3 is 2. The molecule has 1 heterocycles. The first-order chi connectivity index (χ1) is 24.9. The molecule has 1 aliphatic heterocycles. The van der Waals surface area contributed by atoms with Gasteiger partial charge in [0, 0.05) is 49.6 Å². The molecule has 0 aliphatic carbocycles. The summed E-state index contributed by atoms with van der Waals surface area (Å²) >= 11 is 20.9. The molecule has 0 unspecified atom stereocenters. The van der Waals surface area contributed by atoms with Crippen LogP contribution >= 0.6 is 55.1 Å². The molecule has 0 radical (unpaired) electrons. The number of hydrogen-bond acceptors (Lipinski definition) is 6. The van der Waals surface area contributed by atoms with Crippen LogP contribution in [-0.2, 0) is 10.3 Å². The SMILES string of the molecule is COc1cccc(C(=CC2(C=C(c3ccc(N(C)C)cc3)c3cccc(OC)c3)OC(=O)c3c(Br)c(Cl)c(Cl)c(Br)c32)c2ccc(N(C)C)cc2)c1. The Hall–Kier alpha value is -4.21. The van der Waals surface area contributed by atoms with E-state index >= 15 is 0 Å². The van der Waals surface area contributed by atoms with Crippen molar-refractivity contribution in [1.82, 2.24) is 0 Å². The quantitative estimate of drug-likeness (QED) is 0.0792. The standard InChI is InChI=1S/C42H36Br2Cl2N2O4/c1-47(2)29-17-13-25(14-18-29)33(27-9-7-11-31(21-27)50-5)23-42(36-35(41(49)52-42)37(43)39(45)40(46)38(36)44)24-34(28-10-8-12-32(22-28)51-6)26-15-19-30(20-16-26)48(3)4/h7-24H,1-6H3. The van der Waals surface area contributed by atoms with Gasteiger partial charge in [0.15, 0.2) is 5.60 Å². The van der Waals surface area contributed by atoms with Crippen molar-refractivity contribution < 1.29 is 19.0 Å². The summed E-state index contributed by atoms with van der Waals surface area (Å²) in [5.74, 6) is 0.798. The molecule has 0 atom stereocenters.